The van der Waals surface area contributed by atoms with Crippen LogP contribution in [0.5, 0.6) is 0 Å². The van der Waals surface area contributed by atoms with E-state index < -0.39 is 0 Å². The normalized spacial score (nSPS) is 10.9. The van der Waals surface area contributed by atoms with E-state index in [2.05, 4.69) is 14.8 Å². The number of rotatable bonds is 4. The van der Waals surface area contributed by atoms with Gasteiger partial charge in [0.2, 0.25) is 0 Å². The lowest BCUT2D eigenvalue weighted by Gasteiger charge is -2.00. The van der Waals surface area contributed by atoms with E-state index in [1.165, 1.54) is 0 Å². The zero-order chi connectivity index (χ0) is 11.9. The highest BCUT2D eigenvalue weighted by molar-refractivity contribution is 5.61. The molecular weight excluding hydrogens is 214 g/mol. The van der Waals surface area contributed by atoms with Crippen LogP contribution in [0.25, 0.3) is 17.3 Å². The number of hydrogen-bond acceptors (Lipinski definition) is 4. The Hall–Kier alpha value is -2.04. The molecule has 17 heavy (non-hydrogen) atoms. The van der Waals surface area contributed by atoms with E-state index in [1.54, 1.807) is 18.6 Å². The van der Waals surface area contributed by atoms with Gasteiger partial charge in [-0.2, -0.15) is 0 Å². The third kappa shape index (κ3) is 3.21. The van der Waals surface area contributed by atoms with E-state index in [-0.39, 0.29) is 0 Å². The molecule has 1 aromatic carbocycles. The molecule has 0 amide bonds. The molecule has 2 N–H and O–H groups in total. The largest absolute Gasteiger partial charge is 0.300 e. The molecular formula is C13H13N3O. The van der Waals surface area contributed by atoms with Crippen LogP contribution in [0.1, 0.15) is 5.56 Å². The average Bonchev–Trinajstić information content (AvgIpc) is 2.41. The van der Waals surface area contributed by atoms with Gasteiger partial charge >= 0.3 is 0 Å². The van der Waals surface area contributed by atoms with Crippen LogP contribution in [0.2, 0.25) is 0 Å². The molecule has 4 heteroatoms. The third-order valence-corrected chi connectivity index (χ3v) is 2.27. The van der Waals surface area contributed by atoms with Gasteiger partial charge in [-0.05, 0) is 5.56 Å². The van der Waals surface area contributed by atoms with Crippen molar-refractivity contribution < 1.29 is 4.84 Å². The summed E-state index contributed by atoms with van der Waals surface area (Å²) in [6.07, 6.45) is 8.90. The molecule has 0 saturated carbocycles. The second-order valence-corrected chi connectivity index (χ2v) is 3.45. The lowest BCUT2D eigenvalue weighted by Crippen LogP contribution is -1.96. The van der Waals surface area contributed by atoms with E-state index >= 15 is 0 Å². The van der Waals surface area contributed by atoms with E-state index in [0.717, 1.165) is 16.8 Å². The van der Waals surface area contributed by atoms with Gasteiger partial charge in [-0.25, -0.2) is 5.90 Å². The number of hydrogen-bond donors (Lipinski definition) is 1. The van der Waals surface area contributed by atoms with E-state index in [9.17, 15) is 0 Å². The van der Waals surface area contributed by atoms with Gasteiger partial charge in [0, 0.05) is 18.0 Å². The zero-order valence-corrected chi connectivity index (χ0v) is 9.28. The van der Waals surface area contributed by atoms with Crippen molar-refractivity contribution in [2.75, 3.05) is 6.61 Å². The summed E-state index contributed by atoms with van der Waals surface area (Å²) in [5.74, 6) is 4.93. The average molecular weight is 227 g/mol. The van der Waals surface area contributed by atoms with Crippen molar-refractivity contribution in [1.29, 1.82) is 0 Å². The van der Waals surface area contributed by atoms with Gasteiger partial charge in [0.15, 0.2) is 0 Å². The Balaban J connectivity index is 2.13. The van der Waals surface area contributed by atoms with E-state index in [4.69, 9.17) is 5.90 Å². The fourth-order valence-electron chi connectivity index (χ4n) is 1.45. The smallest absolute Gasteiger partial charge is 0.0885 e. The summed E-state index contributed by atoms with van der Waals surface area (Å²) in [4.78, 5) is 12.7. The summed E-state index contributed by atoms with van der Waals surface area (Å²) in [7, 11) is 0. The first kappa shape index (κ1) is 11.4. The van der Waals surface area contributed by atoms with Gasteiger partial charge in [-0.1, -0.05) is 36.4 Å². The number of nitrogens with two attached hydrogens (primary N) is 1. The molecule has 2 rings (SSSR count). The van der Waals surface area contributed by atoms with Gasteiger partial charge < -0.3 is 4.84 Å². The Bertz CT molecular complexity index is 480. The van der Waals surface area contributed by atoms with Crippen molar-refractivity contribution in [3.05, 3.63) is 54.5 Å². The first-order chi connectivity index (χ1) is 8.40. The summed E-state index contributed by atoms with van der Waals surface area (Å²) < 4.78 is 0. The van der Waals surface area contributed by atoms with Gasteiger partial charge in [0.25, 0.3) is 0 Å². The highest BCUT2D eigenvalue weighted by Crippen LogP contribution is 2.16. The van der Waals surface area contributed by atoms with Crippen LogP contribution in [-0.4, -0.2) is 16.6 Å². The minimum Gasteiger partial charge on any atom is -0.300 e. The fraction of sp³-hybridized carbons (Fsp3) is 0.0769. The highest BCUT2D eigenvalue weighted by Gasteiger charge is 1.97. The van der Waals surface area contributed by atoms with Crippen molar-refractivity contribution in [3.63, 3.8) is 0 Å². The standard InChI is InChI=1S/C13H13N3O/c14-17-9-1-2-11-3-5-12(6-4-11)13-10-15-7-8-16-13/h1-8,10H,9,14H2. The van der Waals surface area contributed by atoms with Crippen molar-refractivity contribution in [2.45, 2.75) is 0 Å². The van der Waals surface area contributed by atoms with Crippen LogP contribution < -0.4 is 5.90 Å². The summed E-state index contributed by atoms with van der Waals surface area (Å²) in [5, 5.41) is 0. The van der Waals surface area contributed by atoms with Crippen molar-refractivity contribution in [2.24, 2.45) is 5.90 Å². The fourth-order valence-corrected chi connectivity index (χ4v) is 1.45. The van der Waals surface area contributed by atoms with Gasteiger partial charge in [-0.15, -0.1) is 0 Å². The van der Waals surface area contributed by atoms with Crippen LogP contribution in [0.15, 0.2) is 48.9 Å². The number of nitrogens with zero attached hydrogens (tertiary/aromatic N) is 2. The summed E-state index contributed by atoms with van der Waals surface area (Å²) >= 11 is 0. The minimum absolute atomic E-state index is 0.409. The lowest BCUT2D eigenvalue weighted by atomic mass is 10.1. The Kier molecular flexibility index (Phi) is 3.96. The summed E-state index contributed by atoms with van der Waals surface area (Å²) in [6, 6.07) is 8.04. The molecule has 0 aliphatic heterocycles. The molecule has 0 fully saturated rings. The van der Waals surface area contributed by atoms with Crippen molar-refractivity contribution in [1.82, 2.24) is 9.97 Å². The van der Waals surface area contributed by atoms with Crippen LogP contribution in [0.3, 0.4) is 0 Å². The summed E-state index contributed by atoms with van der Waals surface area (Å²) in [6.45, 7) is 0.409. The van der Waals surface area contributed by atoms with Crippen molar-refractivity contribution in [3.8, 4) is 11.3 Å². The van der Waals surface area contributed by atoms with Crippen molar-refractivity contribution >= 4 is 6.08 Å². The monoisotopic (exact) mass is 227 g/mol. The van der Waals surface area contributed by atoms with Gasteiger partial charge in [0.1, 0.15) is 0 Å². The quantitative estimate of drug-likeness (QED) is 0.812. The molecule has 0 saturated heterocycles. The maximum atomic E-state index is 4.93. The molecule has 0 atom stereocenters. The van der Waals surface area contributed by atoms with Crippen LogP contribution >= 0.6 is 0 Å². The maximum Gasteiger partial charge on any atom is 0.0885 e. The van der Waals surface area contributed by atoms with Gasteiger partial charge in [-0.3, -0.25) is 9.97 Å². The lowest BCUT2D eigenvalue weighted by molar-refractivity contribution is 0.168. The molecule has 0 aliphatic carbocycles. The first-order valence-corrected chi connectivity index (χ1v) is 5.25. The second-order valence-electron chi connectivity index (χ2n) is 3.45. The van der Waals surface area contributed by atoms with Crippen LogP contribution in [0, 0.1) is 0 Å². The summed E-state index contributed by atoms with van der Waals surface area (Å²) in [5.41, 5.74) is 3.01. The highest BCUT2D eigenvalue weighted by atomic mass is 16.6. The zero-order valence-electron chi connectivity index (χ0n) is 9.28. The molecule has 0 radical (unpaired) electrons. The molecule has 4 nitrogen and oxygen atoms in total. The molecule has 1 aromatic heterocycles. The topological polar surface area (TPSA) is 61.0 Å². The van der Waals surface area contributed by atoms with Crippen LogP contribution in [-0.2, 0) is 4.84 Å². The molecule has 2 aromatic rings. The SMILES string of the molecule is NOCC=Cc1ccc(-c2cnccn2)cc1. The first-order valence-electron chi connectivity index (χ1n) is 5.25. The number of aromatic nitrogens is 2. The number of benzene rings is 1. The predicted molar refractivity (Wildman–Crippen MR) is 66.6 cm³/mol. The predicted octanol–water partition coefficient (Wildman–Crippen LogP) is 2.05. The maximum absolute atomic E-state index is 4.93. The van der Waals surface area contributed by atoms with Crippen LogP contribution in [0.4, 0.5) is 0 Å². The Morgan fingerprint density at radius 2 is 2.00 bits per heavy atom. The Morgan fingerprint density at radius 1 is 1.18 bits per heavy atom. The molecule has 86 valence electrons. The minimum atomic E-state index is 0.409. The molecule has 0 bridgehead atoms. The van der Waals surface area contributed by atoms with E-state index in [0.29, 0.717) is 6.61 Å². The molecule has 1 heterocycles. The molecule has 0 unspecified atom stereocenters. The second kappa shape index (κ2) is 5.89. The Morgan fingerprint density at radius 3 is 2.65 bits per heavy atom. The Labute approximate surface area is 99.7 Å². The van der Waals surface area contributed by atoms with Gasteiger partial charge in [0.05, 0.1) is 18.5 Å². The molecule has 0 spiro atoms. The van der Waals surface area contributed by atoms with E-state index in [1.807, 2.05) is 36.4 Å². The molecule has 0 aliphatic rings. The third-order valence-electron chi connectivity index (χ3n) is 2.27.